The molecule has 0 saturated heterocycles. The third-order valence-corrected chi connectivity index (χ3v) is 2.22. The summed E-state index contributed by atoms with van der Waals surface area (Å²) in [6.45, 7) is 9.59. The average Bonchev–Trinajstić information content (AvgIpc) is 2.31. The molecule has 1 rings (SSSR count). The fourth-order valence-electron chi connectivity index (χ4n) is 1.36. The summed E-state index contributed by atoms with van der Waals surface area (Å²) in [5, 5.41) is 3.36. The number of nitrogens with zero attached hydrogens (tertiary/aromatic N) is 2. The summed E-state index contributed by atoms with van der Waals surface area (Å²) in [6, 6.07) is 0. The van der Waals surface area contributed by atoms with Crippen LogP contribution in [-0.4, -0.2) is 23.1 Å². The second-order valence-corrected chi connectivity index (χ2v) is 4.58. The first-order chi connectivity index (χ1) is 8.22. The topological polar surface area (TPSA) is 47.0 Å². The van der Waals surface area contributed by atoms with Crippen molar-refractivity contribution in [2.75, 3.05) is 13.2 Å². The molecule has 0 bridgehead atoms. The SMILES string of the molecule is CCCOCc1ncc(CNCC(C)C)cn1. The number of ether oxygens (including phenoxy) is 1. The van der Waals surface area contributed by atoms with Crippen LogP contribution < -0.4 is 5.32 Å². The Hall–Kier alpha value is -1.00. The Morgan fingerprint density at radius 1 is 1.29 bits per heavy atom. The van der Waals surface area contributed by atoms with Crippen molar-refractivity contribution in [3.05, 3.63) is 23.8 Å². The molecule has 1 N–H and O–H groups in total. The van der Waals surface area contributed by atoms with Gasteiger partial charge in [0.05, 0.1) is 0 Å². The molecule has 0 radical (unpaired) electrons. The quantitative estimate of drug-likeness (QED) is 0.704. The van der Waals surface area contributed by atoms with E-state index in [4.69, 9.17) is 4.74 Å². The molecule has 1 aromatic rings. The van der Waals surface area contributed by atoms with Crippen molar-refractivity contribution in [3.8, 4) is 0 Å². The standard InChI is InChI=1S/C13H23N3O/c1-4-5-17-10-13-15-8-12(9-16-13)7-14-6-11(2)3/h8-9,11,14H,4-7,10H2,1-3H3. The molecule has 0 spiro atoms. The van der Waals surface area contributed by atoms with Gasteiger partial charge in [0.1, 0.15) is 6.61 Å². The number of rotatable bonds is 8. The molecule has 0 amide bonds. The summed E-state index contributed by atoms with van der Waals surface area (Å²) < 4.78 is 5.38. The van der Waals surface area contributed by atoms with Crippen molar-refractivity contribution >= 4 is 0 Å². The Morgan fingerprint density at radius 2 is 2.00 bits per heavy atom. The normalized spacial score (nSPS) is 11.1. The maximum absolute atomic E-state index is 5.38. The average molecular weight is 237 g/mol. The minimum atomic E-state index is 0.507. The Kier molecular flexibility index (Phi) is 6.74. The second kappa shape index (κ2) is 8.14. The first-order valence-corrected chi connectivity index (χ1v) is 6.30. The van der Waals surface area contributed by atoms with Crippen LogP contribution in [-0.2, 0) is 17.9 Å². The van der Waals surface area contributed by atoms with E-state index in [0.717, 1.165) is 37.5 Å². The summed E-state index contributed by atoms with van der Waals surface area (Å²) in [5.74, 6) is 1.42. The zero-order valence-electron chi connectivity index (χ0n) is 11.1. The van der Waals surface area contributed by atoms with E-state index in [1.165, 1.54) is 0 Å². The van der Waals surface area contributed by atoms with Gasteiger partial charge in [-0.15, -0.1) is 0 Å². The molecule has 17 heavy (non-hydrogen) atoms. The van der Waals surface area contributed by atoms with Gasteiger partial charge < -0.3 is 10.1 Å². The molecule has 0 aliphatic heterocycles. The van der Waals surface area contributed by atoms with Crippen molar-refractivity contribution in [2.45, 2.75) is 40.3 Å². The second-order valence-electron chi connectivity index (χ2n) is 4.58. The largest absolute Gasteiger partial charge is 0.373 e. The minimum Gasteiger partial charge on any atom is -0.373 e. The molecule has 4 heteroatoms. The summed E-state index contributed by atoms with van der Waals surface area (Å²) in [6.07, 6.45) is 4.76. The van der Waals surface area contributed by atoms with E-state index in [1.807, 2.05) is 12.4 Å². The van der Waals surface area contributed by atoms with Crippen LogP contribution in [0.25, 0.3) is 0 Å². The predicted molar refractivity (Wildman–Crippen MR) is 68.5 cm³/mol. The molecule has 0 fully saturated rings. The smallest absolute Gasteiger partial charge is 0.153 e. The number of hydrogen-bond donors (Lipinski definition) is 1. The molecule has 0 unspecified atom stereocenters. The van der Waals surface area contributed by atoms with Crippen molar-refractivity contribution in [1.29, 1.82) is 0 Å². The summed E-state index contributed by atoms with van der Waals surface area (Å²) in [4.78, 5) is 8.54. The molecule has 0 aromatic carbocycles. The predicted octanol–water partition coefficient (Wildman–Crippen LogP) is 2.15. The van der Waals surface area contributed by atoms with Gasteiger partial charge >= 0.3 is 0 Å². The number of aromatic nitrogens is 2. The van der Waals surface area contributed by atoms with E-state index in [0.29, 0.717) is 12.5 Å². The zero-order chi connectivity index (χ0) is 12.5. The lowest BCUT2D eigenvalue weighted by molar-refractivity contribution is 0.116. The summed E-state index contributed by atoms with van der Waals surface area (Å²) in [7, 11) is 0. The summed E-state index contributed by atoms with van der Waals surface area (Å²) >= 11 is 0. The van der Waals surface area contributed by atoms with Gasteiger partial charge in [-0.2, -0.15) is 0 Å². The molecule has 0 saturated carbocycles. The maximum atomic E-state index is 5.38. The fourth-order valence-corrected chi connectivity index (χ4v) is 1.36. The van der Waals surface area contributed by atoms with E-state index in [9.17, 15) is 0 Å². The highest BCUT2D eigenvalue weighted by atomic mass is 16.5. The van der Waals surface area contributed by atoms with Gasteiger partial charge in [0, 0.05) is 31.1 Å². The number of hydrogen-bond acceptors (Lipinski definition) is 4. The molecule has 1 aromatic heterocycles. The third-order valence-electron chi connectivity index (χ3n) is 2.22. The van der Waals surface area contributed by atoms with E-state index in [-0.39, 0.29) is 0 Å². The fraction of sp³-hybridized carbons (Fsp3) is 0.692. The van der Waals surface area contributed by atoms with Crippen LogP contribution in [0.4, 0.5) is 0 Å². The molecule has 96 valence electrons. The van der Waals surface area contributed by atoms with Crippen LogP contribution in [0, 0.1) is 5.92 Å². The third kappa shape index (κ3) is 6.34. The number of nitrogens with one attached hydrogen (secondary N) is 1. The molecular weight excluding hydrogens is 214 g/mol. The Morgan fingerprint density at radius 3 is 2.59 bits per heavy atom. The summed E-state index contributed by atoms with van der Waals surface area (Å²) in [5.41, 5.74) is 1.12. The van der Waals surface area contributed by atoms with Crippen LogP contribution >= 0.6 is 0 Å². The van der Waals surface area contributed by atoms with Crippen molar-refractivity contribution in [1.82, 2.24) is 15.3 Å². The van der Waals surface area contributed by atoms with Gasteiger partial charge in [0.2, 0.25) is 0 Å². The van der Waals surface area contributed by atoms with Crippen molar-refractivity contribution in [2.24, 2.45) is 5.92 Å². The van der Waals surface area contributed by atoms with Crippen LogP contribution in [0.5, 0.6) is 0 Å². The lowest BCUT2D eigenvalue weighted by Crippen LogP contribution is -2.19. The van der Waals surface area contributed by atoms with Gasteiger partial charge in [-0.05, 0) is 18.9 Å². The molecule has 1 heterocycles. The monoisotopic (exact) mass is 237 g/mol. The lowest BCUT2D eigenvalue weighted by Gasteiger charge is -2.07. The van der Waals surface area contributed by atoms with E-state index >= 15 is 0 Å². The first kappa shape index (κ1) is 14.1. The highest BCUT2D eigenvalue weighted by Gasteiger charge is 1.99. The molecular formula is C13H23N3O. The Balaban J connectivity index is 2.29. The van der Waals surface area contributed by atoms with Crippen LogP contribution in [0.1, 0.15) is 38.6 Å². The van der Waals surface area contributed by atoms with Crippen LogP contribution in [0.15, 0.2) is 12.4 Å². The van der Waals surface area contributed by atoms with E-state index < -0.39 is 0 Å². The van der Waals surface area contributed by atoms with Crippen molar-refractivity contribution in [3.63, 3.8) is 0 Å². The van der Waals surface area contributed by atoms with Gasteiger partial charge in [-0.3, -0.25) is 0 Å². The maximum Gasteiger partial charge on any atom is 0.153 e. The van der Waals surface area contributed by atoms with Gasteiger partial charge in [-0.25, -0.2) is 9.97 Å². The minimum absolute atomic E-state index is 0.507. The highest BCUT2D eigenvalue weighted by molar-refractivity contribution is 5.04. The Labute approximate surface area is 104 Å². The van der Waals surface area contributed by atoms with Gasteiger partial charge in [0.15, 0.2) is 5.82 Å². The molecule has 0 aliphatic carbocycles. The highest BCUT2D eigenvalue weighted by Crippen LogP contribution is 1.98. The molecule has 0 atom stereocenters. The zero-order valence-corrected chi connectivity index (χ0v) is 11.1. The van der Waals surface area contributed by atoms with Crippen molar-refractivity contribution < 1.29 is 4.74 Å². The van der Waals surface area contributed by atoms with Gasteiger partial charge in [-0.1, -0.05) is 20.8 Å². The van der Waals surface area contributed by atoms with Crippen LogP contribution in [0.3, 0.4) is 0 Å². The molecule has 4 nitrogen and oxygen atoms in total. The van der Waals surface area contributed by atoms with Gasteiger partial charge in [0.25, 0.3) is 0 Å². The first-order valence-electron chi connectivity index (χ1n) is 6.30. The molecule has 0 aliphatic rings. The van der Waals surface area contributed by atoms with E-state index in [1.54, 1.807) is 0 Å². The Bertz CT molecular complexity index is 298. The lowest BCUT2D eigenvalue weighted by atomic mass is 10.2. The van der Waals surface area contributed by atoms with E-state index in [2.05, 4.69) is 36.1 Å². The van der Waals surface area contributed by atoms with Crippen LogP contribution in [0.2, 0.25) is 0 Å².